The topological polar surface area (TPSA) is 75.2 Å². The zero-order valence-corrected chi connectivity index (χ0v) is 18.0. The number of rotatable bonds is 6. The number of halogens is 1. The molecule has 0 atom stereocenters. The Morgan fingerprint density at radius 3 is 2.77 bits per heavy atom. The molecule has 1 fully saturated rings. The molecule has 3 rings (SSSR count). The Hall–Kier alpha value is -2.61. The first-order chi connectivity index (χ1) is 14.5. The summed E-state index contributed by atoms with van der Waals surface area (Å²) in [4.78, 5) is 19.6. The largest absolute Gasteiger partial charge is 0.497 e. The lowest BCUT2D eigenvalue weighted by Gasteiger charge is -2.25. The minimum absolute atomic E-state index is 0.273. The van der Waals surface area contributed by atoms with E-state index in [1.807, 2.05) is 25.1 Å². The molecule has 2 N–H and O–H groups in total. The van der Waals surface area contributed by atoms with Crippen LogP contribution < -0.4 is 15.4 Å². The Balaban J connectivity index is 1.72. The molecule has 0 saturated carbocycles. The van der Waals surface area contributed by atoms with E-state index in [0.29, 0.717) is 28.8 Å². The van der Waals surface area contributed by atoms with Crippen molar-refractivity contribution in [2.24, 2.45) is 4.99 Å². The summed E-state index contributed by atoms with van der Waals surface area (Å²) in [5, 5.41) is 6.68. The lowest BCUT2D eigenvalue weighted by atomic mass is 10.2. The number of carbonyl (C=O) groups excluding carboxylic acids is 1. The fourth-order valence-electron chi connectivity index (χ4n) is 2.99. The third-order valence-corrected chi connectivity index (χ3v) is 5.20. The van der Waals surface area contributed by atoms with Crippen molar-refractivity contribution >= 4 is 29.2 Å². The summed E-state index contributed by atoms with van der Waals surface area (Å²) in [6, 6.07) is 12.6. The van der Waals surface area contributed by atoms with Crippen LogP contribution in [0.3, 0.4) is 0 Å². The van der Waals surface area contributed by atoms with Gasteiger partial charge >= 0.3 is 0 Å². The van der Waals surface area contributed by atoms with Crippen LogP contribution >= 0.6 is 11.6 Å². The number of benzene rings is 2. The molecule has 0 spiro atoms. The maximum Gasteiger partial charge on any atom is 0.258 e. The second-order valence-corrected chi connectivity index (χ2v) is 7.37. The van der Waals surface area contributed by atoms with Crippen molar-refractivity contribution < 1.29 is 14.3 Å². The molecule has 2 aromatic rings. The zero-order chi connectivity index (χ0) is 21.3. The number of hydrogen-bond acceptors (Lipinski definition) is 5. The van der Waals surface area contributed by atoms with Gasteiger partial charge in [-0.15, -0.1) is 0 Å². The van der Waals surface area contributed by atoms with Crippen molar-refractivity contribution in [2.75, 3.05) is 51.8 Å². The van der Waals surface area contributed by atoms with Gasteiger partial charge in [0.1, 0.15) is 5.75 Å². The van der Waals surface area contributed by atoms with Gasteiger partial charge in [0.15, 0.2) is 0 Å². The molecule has 30 heavy (non-hydrogen) atoms. The van der Waals surface area contributed by atoms with E-state index in [2.05, 4.69) is 20.5 Å². The molecule has 0 bridgehead atoms. The van der Waals surface area contributed by atoms with Crippen molar-refractivity contribution in [3.8, 4) is 5.75 Å². The predicted octanol–water partition coefficient (Wildman–Crippen LogP) is 3.19. The fourth-order valence-corrected chi connectivity index (χ4v) is 3.17. The number of nitrogens with one attached hydrogen (secondary N) is 2. The number of aliphatic imine (C=N–C) groups is 1. The standard InChI is InChI=1S/C22H27ClN4O3/c1-16-6-7-18(15-20(16)23)25-22(24-8-9-27-10-12-30-13-11-27)26-21(28)17-4-3-5-19(14-17)29-2/h3-7,14-15H,8-13H2,1-2H3,(H2,24,25,26,28). The number of anilines is 1. The van der Waals surface area contributed by atoms with Gasteiger partial charge in [-0.1, -0.05) is 23.7 Å². The Morgan fingerprint density at radius 1 is 1.23 bits per heavy atom. The fraction of sp³-hybridized carbons (Fsp3) is 0.364. The maximum absolute atomic E-state index is 12.8. The highest BCUT2D eigenvalue weighted by Gasteiger charge is 2.12. The number of guanidine groups is 1. The summed E-state index contributed by atoms with van der Waals surface area (Å²) in [5.74, 6) is 0.715. The highest BCUT2D eigenvalue weighted by atomic mass is 35.5. The van der Waals surface area contributed by atoms with E-state index in [9.17, 15) is 4.79 Å². The first-order valence-corrected chi connectivity index (χ1v) is 10.3. The molecular weight excluding hydrogens is 404 g/mol. The van der Waals surface area contributed by atoms with Gasteiger partial charge in [-0.3, -0.25) is 20.0 Å². The predicted molar refractivity (Wildman–Crippen MR) is 120 cm³/mol. The average Bonchev–Trinajstić information content (AvgIpc) is 2.77. The van der Waals surface area contributed by atoms with E-state index < -0.39 is 0 Å². The molecular formula is C22H27ClN4O3. The Kier molecular flexibility index (Phi) is 8.07. The van der Waals surface area contributed by atoms with Crippen LogP contribution in [0.5, 0.6) is 5.75 Å². The molecule has 1 amide bonds. The SMILES string of the molecule is COc1cccc(C(=O)NC(=NCCN2CCOCC2)Nc2ccc(C)c(Cl)c2)c1. The monoisotopic (exact) mass is 430 g/mol. The van der Waals surface area contributed by atoms with Crippen LogP contribution in [0.1, 0.15) is 15.9 Å². The second-order valence-electron chi connectivity index (χ2n) is 6.96. The summed E-state index contributed by atoms with van der Waals surface area (Å²) in [7, 11) is 1.57. The van der Waals surface area contributed by atoms with Crippen LogP contribution in [-0.2, 0) is 4.74 Å². The second kappa shape index (κ2) is 11.0. The van der Waals surface area contributed by atoms with Crippen LogP contribution in [0.15, 0.2) is 47.5 Å². The van der Waals surface area contributed by atoms with Crippen molar-refractivity contribution in [1.82, 2.24) is 10.2 Å². The van der Waals surface area contributed by atoms with Crippen LogP contribution in [-0.4, -0.2) is 63.3 Å². The van der Waals surface area contributed by atoms with Crippen LogP contribution in [0, 0.1) is 6.92 Å². The van der Waals surface area contributed by atoms with Gasteiger partial charge in [0, 0.05) is 35.9 Å². The lowest BCUT2D eigenvalue weighted by Crippen LogP contribution is -2.39. The molecule has 1 saturated heterocycles. The van der Waals surface area contributed by atoms with E-state index in [1.165, 1.54) is 0 Å². The molecule has 1 heterocycles. The normalized spacial score (nSPS) is 15.0. The summed E-state index contributed by atoms with van der Waals surface area (Å²) in [5.41, 5.74) is 2.22. The minimum Gasteiger partial charge on any atom is -0.497 e. The number of ether oxygens (including phenoxy) is 2. The smallest absolute Gasteiger partial charge is 0.258 e. The van der Waals surface area contributed by atoms with Gasteiger partial charge < -0.3 is 14.8 Å². The summed E-state index contributed by atoms with van der Waals surface area (Å²) < 4.78 is 10.6. The number of amides is 1. The minimum atomic E-state index is -0.273. The first-order valence-electron chi connectivity index (χ1n) is 9.88. The van der Waals surface area contributed by atoms with Crippen LogP contribution in [0.2, 0.25) is 5.02 Å². The van der Waals surface area contributed by atoms with Crippen molar-refractivity contribution in [3.05, 3.63) is 58.6 Å². The number of nitrogens with zero attached hydrogens (tertiary/aromatic N) is 2. The average molecular weight is 431 g/mol. The number of methoxy groups -OCH3 is 1. The van der Waals surface area contributed by atoms with E-state index in [4.69, 9.17) is 21.1 Å². The van der Waals surface area contributed by atoms with Crippen molar-refractivity contribution in [1.29, 1.82) is 0 Å². The highest BCUT2D eigenvalue weighted by Crippen LogP contribution is 2.20. The van der Waals surface area contributed by atoms with Gasteiger partial charge in [0.05, 0.1) is 26.9 Å². The van der Waals surface area contributed by atoms with Gasteiger partial charge in [0.25, 0.3) is 5.91 Å². The zero-order valence-electron chi connectivity index (χ0n) is 17.3. The van der Waals surface area contributed by atoms with Gasteiger partial charge in [-0.25, -0.2) is 0 Å². The van der Waals surface area contributed by atoms with Gasteiger partial charge in [0.2, 0.25) is 5.96 Å². The van der Waals surface area contributed by atoms with Crippen molar-refractivity contribution in [2.45, 2.75) is 6.92 Å². The summed E-state index contributed by atoms with van der Waals surface area (Å²) in [6.45, 7) is 6.53. The maximum atomic E-state index is 12.8. The first kappa shape index (κ1) is 22.1. The molecule has 0 unspecified atom stereocenters. The van der Waals surface area contributed by atoms with E-state index in [1.54, 1.807) is 31.4 Å². The molecule has 2 aromatic carbocycles. The third kappa shape index (κ3) is 6.45. The lowest BCUT2D eigenvalue weighted by molar-refractivity contribution is 0.0394. The molecule has 0 radical (unpaired) electrons. The summed E-state index contributed by atoms with van der Waals surface area (Å²) >= 11 is 6.24. The van der Waals surface area contributed by atoms with E-state index in [-0.39, 0.29) is 5.91 Å². The quantitative estimate of drug-likeness (QED) is 0.543. The summed E-state index contributed by atoms with van der Waals surface area (Å²) in [6.07, 6.45) is 0. The number of aryl methyl sites for hydroxylation is 1. The van der Waals surface area contributed by atoms with Gasteiger partial charge in [-0.05, 0) is 42.8 Å². The van der Waals surface area contributed by atoms with Crippen LogP contribution in [0.4, 0.5) is 5.69 Å². The number of morpholine rings is 1. The molecule has 8 heteroatoms. The highest BCUT2D eigenvalue weighted by molar-refractivity contribution is 6.31. The molecule has 0 aliphatic carbocycles. The van der Waals surface area contributed by atoms with E-state index >= 15 is 0 Å². The Morgan fingerprint density at radius 2 is 2.03 bits per heavy atom. The molecule has 160 valence electrons. The number of carbonyl (C=O) groups is 1. The van der Waals surface area contributed by atoms with Gasteiger partial charge in [-0.2, -0.15) is 0 Å². The van der Waals surface area contributed by atoms with Crippen LogP contribution in [0.25, 0.3) is 0 Å². The molecule has 1 aliphatic rings. The van der Waals surface area contributed by atoms with E-state index in [0.717, 1.165) is 44.1 Å². The Labute approximate surface area is 182 Å². The third-order valence-electron chi connectivity index (χ3n) is 4.79. The Bertz CT molecular complexity index is 898. The van der Waals surface area contributed by atoms with Crippen molar-refractivity contribution in [3.63, 3.8) is 0 Å². The molecule has 1 aliphatic heterocycles. The molecule has 0 aromatic heterocycles. The molecule has 7 nitrogen and oxygen atoms in total. The number of hydrogen-bond donors (Lipinski definition) is 2.